The second-order valence-corrected chi connectivity index (χ2v) is 3.46. The molecule has 0 fully saturated rings. The van der Waals surface area contributed by atoms with Crippen LogP contribution in [-0.4, -0.2) is 60.6 Å². The molecule has 0 radical (unpaired) electrons. The van der Waals surface area contributed by atoms with Crippen LogP contribution in [0.4, 0.5) is 0 Å². The van der Waals surface area contributed by atoms with Crippen LogP contribution in [0, 0.1) is 0 Å². The molecule has 2 unspecified atom stereocenters. The first-order chi connectivity index (χ1) is 7.58. The van der Waals surface area contributed by atoms with E-state index in [1.165, 1.54) is 6.92 Å². The van der Waals surface area contributed by atoms with Crippen LogP contribution in [0.25, 0.3) is 0 Å². The summed E-state index contributed by atoms with van der Waals surface area (Å²) >= 11 is 0. The summed E-state index contributed by atoms with van der Waals surface area (Å²) in [6, 6.07) is 0. The predicted octanol–water partition coefficient (Wildman–Crippen LogP) is 0.170. The third-order valence-corrected chi connectivity index (χ3v) is 1.70. The van der Waals surface area contributed by atoms with E-state index < -0.39 is 6.10 Å². The Morgan fingerprint density at radius 2 is 1.62 bits per heavy atom. The summed E-state index contributed by atoms with van der Waals surface area (Å²) in [6.07, 6.45) is 0.780. The molecule has 100 valence electrons. The van der Waals surface area contributed by atoms with Crippen molar-refractivity contribution in [1.82, 2.24) is 0 Å². The highest BCUT2D eigenvalue weighted by molar-refractivity contribution is 4.43. The van der Waals surface area contributed by atoms with Crippen LogP contribution in [0.2, 0.25) is 0 Å². The number of aliphatic hydroxyl groups excluding tert-OH is 3. The molecule has 0 amide bonds. The van der Waals surface area contributed by atoms with Gasteiger partial charge in [-0.05, 0) is 20.3 Å². The lowest BCUT2D eigenvalue weighted by molar-refractivity contribution is 0.00316. The highest BCUT2D eigenvalue weighted by atomic mass is 16.5. The van der Waals surface area contributed by atoms with Crippen molar-refractivity contribution < 1.29 is 24.8 Å². The lowest BCUT2D eigenvalue weighted by Crippen LogP contribution is -2.12. The quantitative estimate of drug-likeness (QED) is 0.525. The zero-order valence-corrected chi connectivity index (χ0v) is 10.6. The second kappa shape index (κ2) is 14.8. The SMILES string of the molecule is CC(O)CO.CCC(C)OCCOCCO. The lowest BCUT2D eigenvalue weighted by atomic mass is 10.3. The molecule has 0 saturated carbocycles. The summed E-state index contributed by atoms with van der Waals surface area (Å²) < 4.78 is 10.3. The smallest absolute Gasteiger partial charge is 0.0742 e. The van der Waals surface area contributed by atoms with Crippen LogP contribution in [-0.2, 0) is 9.47 Å². The zero-order valence-electron chi connectivity index (χ0n) is 10.6. The Morgan fingerprint density at radius 3 is 2.00 bits per heavy atom. The summed E-state index contributed by atoms with van der Waals surface area (Å²) in [5, 5.41) is 24.4. The molecule has 5 heteroatoms. The first-order valence-electron chi connectivity index (χ1n) is 5.67. The van der Waals surface area contributed by atoms with Crippen LogP contribution in [0.5, 0.6) is 0 Å². The maximum absolute atomic E-state index is 8.36. The Kier molecular flexibility index (Phi) is 16.8. The molecule has 0 heterocycles. The van der Waals surface area contributed by atoms with Gasteiger partial charge in [0, 0.05) is 0 Å². The first kappa shape index (κ1) is 18.2. The van der Waals surface area contributed by atoms with Gasteiger partial charge in [0.15, 0.2) is 0 Å². The average Bonchev–Trinajstić information content (AvgIpc) is 2.29. The normalized spacial score (nSPS) is 13.9. The van der Waals surface area contributed by atoms with Crippen LogP contribution in [0.15, 0.2) is 0 Å². The second-order valence-electron chi connectivity index (χ2n) is 3.46. The van der Waals surface area contributed by atoms with E-state index in [0.717, 1.165) is 6.42 Å². The highest BCUT2D eigenvalue weighted by Crippen LogP contribution is 1.94. The van der Waals surface area contributed by atoms with E-state index in [1.807, 2.05) is 6.92 Å². The Morgan fingerprint density at radius 1 is 1.06 bits per heavy atom. The molecule has 0 saturated heterocycles. The lowest BCUT2D eigenvalue weighted by Gasteiger charge is -2.09. The van der Waals surface area contributed by atoms with Gasteiger partial charge in [0.2, 0.25) is 0 Å². The average molecular weight is 238 g/mol. The number of hydrogen-bond acceptors (Lipinski definition) is 5. The summed E-state index contributed by atoms with van der Waals surface area (Å²) in [5.74, 6) is 0. The minimum absolute atomic E-state index is 0.0866. The summed E-state index contributed by atoms with van der Waals surface area (Å²) in [7, 11) is 0. The van der Waals surface area contributed by atoms with Crippen LogP contribution in [0.3, 0.4) is 0 Å². The minimum Gasteiger partial charge on any atom is -0.394 e. The molecule has 3 N–H and O–H groups in total. The third kappa shape index (κ3) is 19.4. The molecule has 0 bridgehead atoms. The van der Waals surface area contributed by atoms with Gasteiger partial charge in [-0.1, -0.05) is 6.92 Å². The predicted molar refractivity (Wildman–Crippen MR) is 62.4 cm³/mol. The zero-order chi connectivity index (χ0) is 12.8. The van der Waals surface area contributed by atoms with Crippen molar-refractivity contribution in [2.45, 2.75) is 39.4 Å². The molecule has 0 aliphatic heterocycles. The molecule has 0 aliphatic carbocycles. The van der Waals surface area contributed by atoms with E-state index in [9.17, 15) is 0 Å². The van der Waals surface area contributed by atoms with E-state index in [1.54, 1.807) is 0 Å². The van der Waals surface area contributed by atoms with Gasteiger partial charge >= 0.3 is 0 Å². The van der Waals surface area contributed by atoms with Gasteiger partial charge in [-0.3, -0.25) is 0 Å². The van der Waals surface area contributed by atoms with Crippen molar-refractivity contribution in [2.24, 2.45) is 0 Å². The first-order valence-corrected chi connectivity index (χ1v) is 5.67. The van der Waals surface area contributed by atoms with Gasteiger partial charge < -0.3 is 24.8 Å². The van der Waals surface area contributed by atoms with Crippen LogP contribution in [0.1, 0.15) is 27.2 Å². The standard InChI is InChI=1S/C8H18O3.C3H8O2/c1-3-8(2)11-7-6-10-5-4-9;1-3(5)2-4/h8-9H,3-7H2,1-2H3;3-5H,2H2,1H3. The van der Waals surface area contributed by atoms with Crippen molar-refractivity contribution in [2.75, 3.05) is 33.0 Å². The van der Waals surface area contributed by atoms with Gasteiger partial charge in [-0.25, -0.2) is 0 Å². The van der Waals surface area contributed by atoms with Crippen molar-refractivity contribution >= 4 is 0 Å². The minimum atomic E-state index is -0.560. The fourth-order valence-corrected chi connectivity index (χ4v) is 0.593. The number of rotatable bonds is 8. The molecule has 0 aromatic rings. The highest BCUT2D eigenvalue weighted by Gasteiger charge is 1.96. The van der Waals surface area contributed by atoms with Gasteiger partial charge in [0.25, 0.3) is 0 Å². The van der Waals surface area contributed by atoms with Crippen molar-refractivity contribution in [3.63, 3.8) is 0 Å². The van der Waals surface area contributed by atoms with E-state index in [2.05, 4.69) is 6.92 Å². The molecular formula is C11H26O5. The fourth-order valence-electron chi connectivity index (χ4n) is 0.593. The molecule has 16 heavy (non-hydrogen) atoms. The topological polar surface area (TPSA) is 79.2 Å². The van der Waals surface area contributed by atoms with Crippen LogP contribution >= 0.6 is 0 Å². The summed E-state index contributed by atoms with van der Waals surface area (Å²) in [5.41, 5.74) is 0. The Hall–Kier alpha value is -0.200. The van der Waals surface area contributed by atoms with E-state index in [4.69, 9.17) is 24.8 Å². The number of hydrogen-bond donors (Lipinski definition) is 3. The summed E-state index contributed by atoms with van der Waals surface area (Å²) in [4.78, 5) is 0. The van der Waals surface area contributed by atoms with Crippen molar-refractivity contribution in [1.29, 1.82) is 0 Å². The largest absolute Gasteiger partial charge is 0.394 e. The van der Waals surface area contributed by atoms with E-state index >= 15 is 0 Å². The Labute approximate surface area is 98.0 Å². The molecular weight excluding hydrogens is 212 g/mol. The Balaban J connectivity index is 0. The van der Waals surface area contributed by atoms with Gasteiger partial charge in [-0.2, -0.15) is 0 Å². The number of aliphatic hydroxyl groups is 3. The van der Waals surface area contributed by atoms with Gasteiger partial charge in [0.1, 0.15) is 0 Å². The molecule has 5 nitrogen and oxygen atoms in total. The Bertz CT molecular complexity index is 119. The molecule has 0 aliphatic rings. The number of ether oxygens (including phenoxy) is 2. The molecule has 0 aromatic carbocycles. The van der Waals surface area contributed by atoms with Crippen LogP contribution < -0.4 is 0 Å². The van der Waals surface area contributed by atoms with Crippen molar-refractivity contribution in [3.8, 4) is 0 Å². The maximum Gasteiger partial charge on any atom is 0.0742 e. The molecule has 2 atom stereocenters. The van der Waals surface area contributed by atoms with Gasteiger partial charge in [0.05, 0.1) is 45.2 Å². The monoisotopic (exact) mass is 238 g/mol. The van der Waals surface area contributed by atoms with E-state index in [-0.39, 0.29) is 13.2 Å². The van der Waals surface area contributed by atoms with Gasteiger partial charge in [-0.15, -0.1) is 0 Å². The third-order valence-electron chi connectivity index (χ3n) is 1.70. The van der Waals surface area contributed by atoms with E-state index in [0.29, 0.717) is 25.9 Å². The summed E-state index contributed by atoms with van der Waals surface area (Å²) in [6.45, 7) is 7.19. The molecule has 0 spiro atoms. The fraction of sp³-hybridized carbons (Fsp3) is 1.00. The van der Waals surface area contributed by atoms with Crippen molar-refractivity contribution in [3.05, 3.63) is 0 Å². The maximum atomic E-state index is 8.36. The molecule has 0 aromatic heterocycles. The molecule has 0 rings (SSSR count).